The van der Waals surface area contributed by atoms with Crippen molar-refractivity contribution in [3.05, 3.63) is 47.8 Å². The Morgan fingerprint density at radius 3 is 2.07 bits per heavy atom. The van der Waals surface area contributed by atoms with Gasteiger partial charge in [-0.25, -0.2) is 4.79 Å². The number of rotatable bonds is 1. The minimum Gasteiger partial charge on any atom is -0.477 e. The van der Waals surface area contributed by atoms with E-state index in [-0.39, 0.29) is 5.69 Å². The van der Waals surface area contributed by atoms with E-state index in [2.05, 4.69) is 9.69 Å². The summed E-state index contributed by atoms with van der Waals surface area (Å²) in [5.74, 6) is -0.890. The van der Waals surface area contributed by atoms with Crippen LogP contribution in [0.5, 0.6) is 0 Å². The number of hydrogen-bond acceptors (Lipinski definition) is 3. The van der Waals surface area contributed by atoms with Gasteiger partial charge < -0.3 is 14.8 Å². The Morgan fingerprint density at radius 2 is 1.79 bits per heavy atom. The first-order chi connectivity index (χ1) is 6.80. The van der Waals surface area contributed by atoms with Crippen molar-refractivity contribution in [2.75, 3.05) is 0 Å². The molecule has 0 saturated carbocycles. The van der Waals surface area contributed by atoms with E-state index >= 15 is 0 Å². The predicted octanol–water partition coefficient (Wildman–Crippen LogP) is 1.95. The molecule has 2 rings (SSSR count). The lowest BCUT2D eigenvalue weighted by Crippen LogP contribution is -1.98. The average Bonchev–Trinajstić information content (AvgIpc) is 2.30. The summed E-state index contributed by atoms with van der Waals surface area (Å²) in [6.45, 7) is 0. The van der Waals surface area contributed by atoms with Gasteiger partial charge in [0.05, 0.1) is 0 Å². The molecule has 2 heterocycles. The number of aromatic amines is 1. The first-order valence-corrected chi connectivity index (χ1v) is 4.78. The van der Waals surface area contributed by atoms with Crippen molar-refractivity contribution < 1.29 is 9.90 Å². The number of allylic oxidation sites excluding steroid dienone is 4. The molecule has 0 bridgehead atoms. The average molecular weight is 210 g/mol. The first kappa shape index (κ1) is 10.3. The summed E-state index contributed by atoms with van der Waals surface area (Å²) in [6.07, 6.45) is 11.6. The van der Waals surface area contributed by atoms with Crippen molar-refractivity contribution >= 4 is 17.5 Å². The summed E-state index contributed by atoms with van der Waals surface area (Å²) < 4.78 is 2.52. The fourth-order valence-electron chi connectivity index (χ4n) is 0.618. The van der Waals surface area contributed by atoms with Gasteiger partial charge in [-0.05, 0) is 12.2 Å². The SMILES string of the molecule is C1=CC=CNC=C1.O=C(O)c1cs[nH]1. The van der Waals surface area contributed by atoms with Crippen molar-refractivity contribution in [1.82, 2.24) is 9.69 Å². The fraction of sp³-hybridized carbons (Fsp3) is 0. The van der Waals surface area contributed by atoms with Crippen LogP contribution in [-0.2, 0) is 0 Å². The monoisotopic (exact) mass is 210 g/mol. The molecule has 0 aromatic carbocycles. The van der Waals surface area contributed by atoms with Crippen LogP contribution in [0.3, 0.4) is 0 Å². The van der Waals surface area contributed by atoms with E-state index in [9.17, 15) is 4.79 Å². The Kier molecular flexibility index (Phi) is 4.30. The molecular formula is C9H10N2O2S. The lowest BCUT2D eigenvalue weighted by Gasteiger charge is -1.91. The lowest BCUT2D eigenvalue weighted by molar-refractivity contribution is 0.0691. The number of H-pyrrole nitrogens is 1. The summed E-state index contributed by atoms with van der Waals surface area (Å²) in [7, 11) is 0. The third-order valence-corrected chi connectivity index (χ3v) is 1.99. The second-order valence-corrected chi connectivity index (χ2v) is 3.00. The van der Waals surface area contributed by atoms with Gasteiger partial charge >= 0.3 is 5.97 Å². The molecular weight excluding hydrogens is 200 g/mol. The zero-order chi connectivity index (χ0) is 10.2. The lowest BCUT2D eigenvalue weighted by atomic mass is 10.5. The highest BCUT2D eigenvalue weighted by atomic mass is 32.1. The molecule has 0 amide bonds. The molecule has 5 heteroatoms. The smallest absolute Gasteiger partial charge is 0.354 e. The van der Waals surface area contributed by atoms with E-state index in [1.165, 1.54) is 11.5 Å². The van der Waals surface area contributed by atoms with Crippen molar-refractivity contribution in [3.8, 4) is 0 Å². The zero-order valence-corrected chi connectivity index (χ0v) is 8.12. The van der Waals surface area contributed by atoms with Gasteiger partial charge in [0, 0.05) is 17.8 Å². The van der Waals surface area contributed by atoms with E-state index in [1.807, 2.05) is 36.7 Å². The summed E-state index contributed by atoms with van der Waals surface area (Å²) >= 11 is 1.28. The van der Waals surface area contributed by atoms with E-state index in [4.69, 9.17) is 5.11 Å². The van der Waals surface area contributed by atoms with Crippen molar-refractivity contribution in [1.29, 1.82) is 0 Å². The Labute approximate surface area is 85.4 Å². The second-order valence-electron chi connectivity index (χ2n) is 2.33. The molecule has 1 aliphatic rings. The summed E-state index contributed by atoms with van der Waals surface area (Å²) in [5.41, 5.74) is 0.282. The molecule has 0 saturated heterocycles. The third-order valence-electron chi connectivity index (χ3n) is 1.29. The molecule has 14 heavy (non-hydrogen) atoms. The maximum Gasteiger partial charge on any atom is 0.354 e. The fourth-order valence-corrected chi connectivity index (χ4v) is 1.04. The minimum atomic E-state index is -0.890. The Morgan fingerprint density at radius 1 is 1.21 bits per heavy atom. The molecule has 3 N–H and O–H groups in total. The Bertz CT molecular complexity index is 337. The van der Waals surface area contributed by atoms with Gasteiger partial charge in [-0.3, -0.25) is 0 Å². The van der Waals surface area contributed by atoms with Crippen LogP contribution in [-0.4, -0.2) is 15.4 Å². The number of hydrogen-bond donors (Lipinski definition) is 3. The number of aromatic carboxylic acids is 1. The summed E-state index contributed by atoms with van der Waals surface area (Å²) in [5, 5.41) is 12.6. The summed E-state index contributed by atoms with van der Waals surface area (Å²) in [6, 6.07) is 0. The number of carbonyl (C=O) groups is 1. The van der Waals surface area contributed by atoms with Gasteiger partial charge in [0.25, 0.3) is 0 Å². The van der Waals surface area contributed by atoms with E-state index in [1.54, 1.807) is 5.38 Å². The Hall–Kier alpha value is -1.75. The van der Waals surface area contributed by atoms with Crippen LogP contribution in [0, 0.1) is 0 Å². The van der Waals surface area contributed by atoms with Crippen LogP contribution in [0.15, 0.2) is 42.1 Å². The standard InChI is InChI=1S/C6H7N.C3H3NO2S/c1-2-4-6-7-5-3-1;5-3(6)2-1-7-4-2/h1-7H;1,4H,(H,5,6). The van der Waals surface area contributed by atoms with Crippen LogP contribution in [0.25, 0.3) is 0 Å². The van der Waals surface area contributed by atoms with Crippen LogP contribution in [0.2, 0.25) is 0 Å². The van der Waals surface area contributed by atoms with Gasteiger partial charge in [-0.15, -0.1) is 0 Å². The van der Waals surface area contributed by atoms with Gasteiger partial charge in [0.2, 0.25) is 0 Å². The van der Waals surface area contributed by atoms with Crippen molar-refractivity contribution in [2.24, 2.45) is 0 Å². The quantitative estimate of drug-likeness (QED) is 0.663. The van der Waals surface area contributed by atoms with E-state index in [0.29, 0.717) is 0 Å². The second kappa shape index (κ2) is 5.82. The Balaban J connectivity index is 0.000000140. The maximum atomic E-state index is 9.84. The van der Waals surface area contributed by atoms with E-state index in [0.717, 1.165) is 0 Å². The van der Waals surface area contributed by atoms with Crippen LogP contribution < -0.4 is 5.32 Å². The molecule has 0 atom stereocenters. The van der Waals surface area contributed by atoms with Gasteiger partial charge in [-0.2, -0.15) is 0 Å². The largest absolute Gasteiger partial charge is 0.477 e. The molecule has 0 unspecified atom stereocenters. The molecule has 1 aromatic heterocycles. The minimum absolute atomic E-state index is 0.282. The maximum absolute atomic E-state index is 9.84. The number of carboxylic acid groups (broad SMARTS) is 1. The number of nitrogens with one attached hydrogen (secondary N) is 2. The molecule has 1 aromatic rings. The molecule has 74 valence electrons. The van der Waals surface area contributed by atoms with Crippen LogP contribution in [0.4, 0.5) is 0 Å². The molecule has 1 aliphatic heterocycles. The molecule has 0 fully saturated rings. The molecule has 4 nitrogen and oxygen atoms in total. The zero-order valence-electron chi connectivity index (χ0n) is 7.31. The number of aromatic nitrogens is 1. The van der Waals surface area contributed by atoms with Crippen LogP contribution >= 0.6 is 11.5 Å². The molecule has 0 radical (unpaired) electrons. The summed E-state index contributed by atoms with van der Waals surface area (Å²) in [4.78, 5) is 9.84. The number of carboxylic acids is 1. The highest BCUT2D eigenvalue weighted by Gasteiger charge is 2.01. The third kappa shape index (κ3) is 3.77. The topological polar surface area (TPSA) is 65.1 Å². The van der Waals surface area contributed by atoms with Gasteiger partial charge in [0.1, 0.15) is 5.69 Å². The first-order valence-electron chi connectivity index (χ1n) is 3.90. The van der Waals surface area contributed by atoms with Crippen LogP contribution in [0.1, 0.15) is 10.5 Å². The highest BCUT2D eigenvalue weighted by Crippen LogP contribution is 2.00. The molecule has 0 spiro atoms. The normalized spacial score (nSPS) is 12.6. The molecule has 0 aliphatic carbocycles. The van der Waals surface area contributed by atoms with Gasteiger partial charge in [-0.1, -0.05) is 23.7 Å². The van der Waals surface area contributed by atoms with Crippen molar-refractivity contribution in [3.63, 3.8) is 0 Å². The predicted molar refractivity (Wildman–Crippen MR) is 56.2 cm³/mol. The van der Waals surface area contributed by atoms with Crippen molar-refractivity contribution in [2.45, 2.75) is 0 Å². The van der Waals surface area contributed by atoms with E-state index < -0.39 is 5.97 Å². The highest BCUT2D eigenvalue weighted by molar-refractivity contribution is 7.05. The van der Waals surface area contributed by atoms with Gasteiger partial charge in [0.15, 0.2) is 0 Å².